The number of hydrogen-bond donors (Lipinski definition) is 1. The number of H-pyrrole nitrogens is 1. The molecular formula is C17H12F3N3OS. The lowest BCUT2D eigenvalue weighted by atomic mass is 10.2. The van der Waals surface area contributed by atoms with Crippen LogP contribution in [0.4, 0.5) is 13.2 Å². The molecule has 4 nitrogen and oxygen atoms in total. The number of nitrogens with zero attached hydrogens (tertiary/aromatic N) is 2. The smallest absolute Gasteiger partial charge is 0.416 e. The van der Waals surface area contributed by atoms with Gasteiger partial charge in [0, 0.05) is 11.9 Å². The zero-order chi connectivity index (χ0) is 17.9. The number of benzene rings is 1. The minimum Gasteiger partial charge on any atom is -0.479 e. The van der Waals surface area contributed by atoms with E-state index in [1.54, 1.807) is 18.3 Å². The molecule has 25 heavy (non-hydrogen) atoms. The first kappa shape index (κ1) is 17.2. The highest BCUT2D eigenvalue weighted by molar-refractivity contribution is 7.98. The van der Waals surface area contributed by atoms with Crippen molar-refractivity contribution in [2.24, 2.45) is 0 Å². The van der Waals surface area contributed by atoms with Crippen LogP contribution in [0.3, 0.4) is 0 Å². The van der Waals surface area contributed by atoms with Gasteiger partial charge in [-0.15, -0.1) is 6.42 Å². The van der Waals surface area contributed by atoms with E-state index >= 15 is 0 Å². The average molecular weight is 363 g/mol. The molecule has 0 aliphatic rings. The molecule has 0 saturated carbocycles. The summed E-state index contributed by atoms with van der Waals surface area (Å²) in [6.45, 7) is 0.133. The van der Waals surface area contributed by atoms with E-state index in [2.05, 4.69) is 20.9 Å². The third kappa shape index (κ3) is 4.06. The maximum Gasteiger partial charge on any atom is 0.416 e. The van der Waals surface area contributed by atoms with Gasteiger partial charge in [0.15, 0.2) is 5.16 Å². The lowest BCUT2D eigenvalue weighted by Crippen LogP contribution is -2.04. The number of hydrogen-bond acceptors (Lipinski definition) is 4. The van der Waals surface area contributed by atoms with Crippen molar-refractivity contribution in [1.29, 1.82) is 0 Å². The van der Waals surface area contributed by atoms with Crippen molar-refractivity contribution in [1.82, 2.24) is 15.0 Å². The first-order valence-electron chi connectivity index (χ1n) is 7.17. The third-order valence-electron chi connectivity index (χ3n) is 3.29. The topological polar surface area (TPSA) is 50.8 Å². The summed E-state index contributed by atoms with van der Waals surface area (Å²) >= 11 is 1.32. The molecule has 0 atom stereocenters. The molecule has 1 aromatic carbocycles. The Morgan fingerprint density at radius 3 is 2.88 bits per heavy atom. The van der Waals surface area contributed by atoms with E-state index in [4.69, 9.17) is 11.2 Å². The van der Waals surface area contributed by atoms with Crippen molar-refractivity contribution >= 4 is 22.8 Å². The van der Waals surface area contributed by atoms with Crippen LogP contribution in [-0.4, -0.2) is 21.6 Å². The number of aromatic amines is 1. The van der Waals surface area contributed by atoms with Crippen LogP contribution in [0, 0.1) is 12.3 Å². The Morgan fingerprint density at radius 2 is 2.12 bits per heavy atom. The van der Waals surface area contributed by atoms with Gasteiger partial charge in [-0.05, 0) is 30.3 Å². The average Bonchev–Trinajstić information content (AvgIpc) is 3.00. The highest BCUT2D eigenvalue weighted by Crippen LogP contribution is 2.32. The fourth-order valence-corrected chi connectivity index (χ4v) is 2.98. The number of halogens is 3. The summed E-state index contributed by atoms with van der Waals surface area (Å²) in [6.07, 6.45) is 2.42. The number of terminal acetylenes is 1. The molecule has 0 bridgehead atoms. The standard InChI is InChI=1S/C17H12F3N3OS/c1-2-8-24-15-4-3-7-21-14(15)10-25-16-22-12-6-5-11(17(18,19)20)9-13(12)23-16/h1,3-7,9H,8,10H2,(H,22,23). The van der Waals surface area contributed by atoms with Gasteiger partial charge in [0.25, 0.3) is 0 Å². The summed E-state index contributed by atoms with van der Waals surface area (Å²) in [5.41, 5.74) is 0.763. The maximum absolute atomic E-state index is 12.8. The van der Waals surface area contributed by atoms with E-state index in [1.807, 2.05) is 0 Å². The molecule has 0 fully saturated rings. The Labute approximate surface area is 145 Å². The molecule has 2 aromatic heterocycles. The van der Waals surface area contributed by atoms with Crippen molar-refractivity contribution in [3.05, 3.63) is 47.8 Å². The Bertz CT molecular complexity index is 931. The van der Waals surface area contributed by atoms with Crippen LogP contribution >= 0.6 is 11.8 Å². The molecular weight excluding hydrogens is 351 g/mol. The van der Waals surface area contributed by atoms with Crippen molar-refractivity contribution in [2.75, 3.05) is 6.61 Å². The first-order chi connectivity index (χ1) is 12.0. The van der Waals surface area contributed by atoms with Gasteiger partial charge in [0.05, 0.1) is 22.3 Å². The molecule has 0 radical (unpaired) electrons. The SMILES string of the molecule is C#CCOc1cccnc1CSc1nc2cc(C(F)(F)F)ccc2[nH]1. The lowest BCUT2D eigenvalue weighted by molar-refractivity contribution is -0.137. The van der Waals surface area contributed by atoms with Crippen LogP contribution in [0.2, 0.25) is 0 Å². The van der Waals surface area contributed by atoms with Crippen molar-refractivity contribution < 1.29 is 17.9 Å². The summed E-state index contributed by atoms with van der Waals surface area (Å²) in [4.78, 5) is 11.4. The summed E-state index contributed by atoms with van der Waals surface area (Å²) in [5, 5.41) is 0.503. The van der Waals surface area contributed by atoms with Crippen LogP contribution < -0.4 is 4.74 Å². The minimum atomic E-state index is -4.39. The van der Waals surface area contributed by atoms with Gasteiger partial charge in [-0.2, -0.15) is 13.2 Å². The lowest BCUT2D eigenvalue weighted by Gasteiger charge is -2.07. The van der Waals surface area contributed by atoms with E-state index in [-0.39, 0.29) is 12.1 Å². The largest absolute Gasteiger partial charge is 0.479 e. The maximum atomic E-state index is 12.8. The minimum absolute atomic E-state index is 0.133. The molecule has 0 spiro atoms. The summed E-state index contributed by atoms with van der Waals surface area (Å²) in [5.74, 6) is 3.39. The molecule has 2 heterocycles. The predicted molar refractivity (Wildman–Crippen MR) is 89.2 cm³/mol. The highest BCUT2D eigenvalue weighted by Gasteiger charge is 2.30. The molecule has 0 unspecified atom stereocenters. The normalized spacial score (nSPS) is 11.4. The van der Waals surface area contributed by atoms with E-state index in [9.17, 15) is 13.2 Å². The van der Waals surface area contributed by atoms with Gasteiger partial charge >= 0.3 is 6.18 Å². The highest BCUT2D eigenvalue weighted by atomic mass is 32.2. The Morgan fingerprint density at radius 1 is 1.28 bits per heavy atom. The second-order valence-corrected chi connectivity index (χ2v) is 5.97. The second kappa shape index (κ2) is 7.07. The van der Waals surface area contributed by atoms with Crippen molar-refractivity contribution in [2.45, 2.75) is 17.1 Å². The second-order valence-electron chi connectivity index (χ2n) is 5.00. The molecule has 128 valence electrons. The number of fused-ring (bicyclic) bond motifs is 1. The van der Waals surface area contributed by atoms with E-state index in [1.165, 1.54) is 17.8 Å². The number of rotatable bonds is 5. The number of ether oxygens (including phenoxy) is 1. The number of pyridine rings is 1. The zero-order valence-corrected chi connectivity index (χ0v) is 13.6. The number of aromatic nitrogens is 3. The van der Waals surface area contributed by atoms with Crippen LogP contribution in [-0.2, 0) is 11.9 Å². The molecule has 0 aliphatic carbocycles. The number of nitrogens with one attached hydrogen (secondary N) is 1. The quantitative estimate of drug-likeness (QED) is 0.543. The third-order valence-corrected chi connectivity index (χ3v) is 4.18. The monoisotopic (exact) mass is 363 g/mol. The molecule has 3 rings (SSSR count). The molecule has 0 saturated heterocycles. The van der Waals surface area contributed by atoms with E-state index in [0.717, 1.165) is 12.1 Å². The first-order valence-corrected chi connectivity index (χ1v) is 8.16. The zero-order valence-electron chi connectivity index (χ0n) is 12.8. The molecule has 1 N–H and O–H groups in total. The van der Waals surface area contributed by atoms with Crippen molar-refractivity contribution in [3.63, 3.8) is 0 Å². The van der Waals surface area contributed by atoms with Gasteiger partial charge in [-0.3, -0.25) is 4.98 Å². The van der Waals surface area contributed by atoms with Gasteiger partial charge in [-0.1, -0.05) is 17.7 Å². The fourth-order valence-electron chi connectivity index (χ4n) is 2.15. The molecule has 8 heteroatoms. The van der Waals surface area contributed by atoms with Gasteiger partial charge < -0.3 is 9.72 Å². The molecule has 0 aliphatic heterocycles. The van der Waals surface area contributed by atoms with Crippen LogP contribution in [0.15, 0.2) is 41.7 Å². The predicted octanol–water partition coefficient (Wildman–Crippen LogP) is 4.28. The molecule has 0 amide bonds. The molecule has 3 aromatic rings. The van der Waals surface area contributed by atoms with Crippen LogP contribution in [0.5, 0.6) is 5.75 Å². The summed E-state index contributed by atoms with van der Waals surface area (Å²) in [7, 11) is 0. The summed E-state index contributed by atoms with van der Waals surface area (Å²) < 4.78 is 43.7. The van der Waals surface area contributed by atoms with Crippen molar-refractivity contribution in [3.8, 4) is 18.1 Å². The van der Waals surface area contributed by atoms with Crippen LogP contribution in [0.25, 0.3) is 11.0 Å². The Kier molecular flexibility index (Phi) is 4.86. The van der Waals surface area contributed by atoms with Crippen LogP contribution in [0.1, 0.15) is 11.3 Å². The van der Waals surface area contributed by atoms with Gasteiger partial charge in [0.1, 0.15) is 12.4 Å². The number of alkyl halides is 3. The Hall–Kier alpha value is -2.66. The fraction of sp³-hybridized carbons (Fsp3) is 0.176. The summed E-state index contributed by atoms with van der Waals surface area (Å²) in [6, 6.07) is 6.92. The van der Waals surface area contributed by atoms with Gasteiger partial charge in [0.2, 0.25) is 0 Å². The number of thioether (sulfide) groups is 1. The Balaban J connectivity index is 1.77. The number of imidazole rings is 1. The van der Waals surface area contributed by atoms with E-state index < -0.39 is 11.7 Å². The van der Waals surface area contributed by atoms with E-state index in [0.29, 0.717) is 27.9 Å². The van der Waals surface area contributed by atoms with Gasteiger partial charge in [-0.25, -0.2) is 4.98 Å².